The highest BCUT2D eigenvalue weighted by molar-refractivity contribution is 7.89. The van der Waals surface area contributed by atoms with Crippen LogP contribution in [-0.2, 0) is 10.0 Å². The molecule has 4 nitrogen and oxygen atoms in total. The molecule has 2 atom stereocenters. The lowest BCUT2D eigenvalue weighted by atomic mass is 9.83. The number of benzene rings is 3. The van der Waals surface area contributed by atoms with Gasteiger partial charge in [-0.1, -0.05) is 67.6 Å². The number of hydrogen-bond acceptors (Lipinski definition) is 3. The molecule has 0 N–H and O–H groups in total. The second kappa shape index (κ2) is 11.3. The van der Waals surface area contributed by atoms with Gasteiger partial charge in [-0.15, -0.1) is 0 Å². The molecule has 1 aliphatic heterocycles. The van der Waals surface area contributed by atoms with E-state index >= 15 is 0 Å². The number of unbranched alkanes of at least 4 members (excludes halogenated alkanes) is 1. The third-order valence-corrected chi connectivity index (χ3v) is 10.1. The van der Waals surface area contributed by atoms with Crippen LogP contribution in [0.25, 0.3) is 11.1 Å². The molecule has 2 unspecified atom stereocenters. The van der Waals surface area contributed by atoms with Gasteiger partial charge >= 0.3 is 0 Å². The van der Waals surface area contributed by atoms with Gasteiger partial charge in [0.2, 0.25) is 10.0 Å². The van der Waals surface area contributed by atoms with Gasteiger partial charge in [0.05, 0.1) is 4.90 Å². The smallest absolute Gasteiger partial charge is 0.243 e. The van der Waals surface area contributed by atoms with Crippen molar-refractivity contribution >= 4 is 10.0 Å². The van der Waals surface area contributed by atoms with E-state index < -0.39 is 10.0 Å². The van der Waals surface area contributed by atoms with Crippen LogP contribution in [0.2, 0.25) is 0 Å². The first kappa shape index (κ1) is 26.6. The highest BCUT2D eigenvalue weighted by Crippen LogP contribution is 2.35. The third kappa shape index (κ3) is 5.59. The van der Waals surface area contributed by atoms with Crippen molar-refractivity contribution in [2.24, 2.45) is 0 Å². The van der Waals surface area contributed by atoms with Crippen LogP contribution in [0.3, 0.4) is 0 Å². The van der Waals surface area contributed by atoms with E-state index in [1.165, 1.54) is 27.8 Å². The molecule has 0 aliphatic carbocycles. The zero-order valence-corrected chi connectivity index (χ0v) is 23.2. The van der Waals surface area contributed by atoms with Crippen molar-refractivity contribution < 1.29 is 8.42 Å². The molecule has 1 heterocycles. The van der Waals surface area contributed by atoms with Crippen LogP contribution >= 0.6 is 0 Å². The molecule has 0 aromatic heterocycles. The van der Waals surface area contributed by atoms with Crippen LogP contribution in [-0.4, -0.2) is 49.8 Å². The first-order chi connectivity index (χ1) is 17.2. The van der Waals surface area contributed by atoms with Gasteiger partial charge in [-0.25, -0.2) is 8.42 Å². The van der Waals surface area contributed by atoms with E-state index in [1.54, 1.807) is 16.4 Å². The van der Waals surface area contributed by atoms with Gasteiger partial charge in [0, 0.05) is 31.6 Å². The fourth-order valence-corrected chi connectivity index (χ4v) is 6.96. The topological polar surface area (TPSA) is 40.6 Å². The van der Waals surface area contributed by atoms with Gasteiger partial charge < -0.3 is 0 Å². The van der Waals surface area contributed by atoms with Crippen molar-refractivity contribution in [3.05, 3.63) is 89.0 Å². The van der Waals surface area contributed by atoms with E-state index in [0.29, 0.717) is 29.9 Å². The lowest BCUT2D eigenvalue weighted by Gasteiger charge is -2.47. The largest absolute Gasteiger partial charge is 0.299 e. The van der Waals surface area contributed by atoms with Gasteiger partial charge in [0.1, 0.15) is 0 Å². The minimum atomic E-state index is -3.44. The molecule has 1 aliphatic rings. The number of likely N-dealkylation sites (tertiary alicyclic amines) is 1. The molecule has 1 fully saturated rings. The molecule has 0 bridgehead atoms. The molecule has 0 spiro atoms. The van der Waals surface area contributed by atoms with E-state index in [1.807, 2.05) is 26.0 Å². The van der Waals surface area contributed by atoms with E-state index in [2.05, 4.69) is 68.1 Å². The lowest BCUT2D eigenvalue weighted by Crippen LogP contribution is -2.53. The minimum absolute atomic E-state index is 0.426. The summed E-state index contributed by atoms with van der Waals surface area (Å²) < 4.78 is 27.8. The summed E-state index contributed by atoms with van der Waals surface area (Å²) in [5.74, 6) is 0.562. The average Bonchev–Trinajstić information content (AvgIpc) is 2.87. The molecule has 0 amide bonds. The zero-order valence-electron chi connectivity index (χ0n) is 22.4. The van der Waals surface area contributed by atoms with E-state index in [0.717, 1.165) is 31.5 Å². The predicted octanol–water partition coefficient (Wildman–Crippen LogP) is 6.56. The van der Waals surface area contributed by atoms with E-state index in [4.69, 9.17) is 0 Å². The molecule has 3 aromatic carbocycles. The fourth-order valence-electron chi connectivity index (χ4n) is 5.25. The molecular formula is C31H40N2O2S. The first-order valence-electron chi connectivity index (χ1n) is 13.2. The average molecular weight is 505 g/mol. The van der Waals surface area contributed by atoms with Crippen LogP contribution < -0.4 is 0 Å². The molecule has 1 saturated heterocycles. The molecule has 4 rings (SSSR count). The molecule has 3 aromatic rings. The summed E-state index contributed by atoms with van der Waals surface area (Å²) in [5, 5.41) is 0. The van der Waals surface area contributed by atoms with Gasteiger partial charge in [0.15, 0.2) is 0 Å². The molecule has 192 valence electrons. The second-order valence-electron chi connectivity index (χ2n) is 10.2. The predicted molar refractivity (Wildman–Crippen MR) is 150 cm³/mol. The van der Waals surface area contributed by atoms with Crippen LogP contribution in [0, 0.1) is 20.8 Å². The zero-order chi connectivity index (χ0) is 25.9. The Hall–Kier alpha value is -2.47. The van der Waals surface area contributed by atoms with Crippen molar-refractivity contribution in [1.82, 2.24) is 9.21 Å². The molecule has 0 radical (unpaired) electrons. The lowest BCUT2D eigenvalue weighted by molar-refractivity contribution is 0.0705. The van der Waals surface area contributed by atoms with Crippen molar-refractivity contribution in [3.8, 4) is 11.1 Å². The Kier molecular flexibility index (Phi) is 8.34. The molecular weight excluding hydrogens is 464 g/mol. The summed E-state index contributed by atoms with van der Waals surface area (Å²) in [6.07, 6.45) is 1.88. The Morgan fingerprint density at radius 3 is 2.19 bits per heavy atom. The summed E-state index contributed by atoms with van der Waals surface area (Å²) in [6, 6.07) is 23.5. The minimum Gasteiger partial charge on any atom is -0.299 e. The number of aryl methyl sites for hydroxylation is 3. The standard InChI is InChI=1S/C31H40N2O2S/c1-6-33(36(34,35)31-12-8-7-11-24(31)3)20-10-9-19-32-22-30(26(32)5)28-17-15-27(16-18-28)29-14-13-23(2)25(4)21-29/h7-8,11-18,21,26,30H,6,9-10,19-20,22H2,1-5H3. The van der Waals surface area contributed by atoms with E-state index in [-0.39, 0.29) is 0 Å². The highest BCUT2D eigenvalue weighted by atomic mass is 32.2. The van der Waals surface area contributed by atoms with Crippen LogP contribution in [0.5, 0.6) is 0 Å². The summed E-state index contributed by atoms with van der Waals surface area (Å²) in [4.78, 5) is 2.95. The number of rotatable bonds is 10. The van der Waals surface area contributed by atoms with Crippen molar-refractivity contribution in [2.45, 2.75) is 64.3 Å². The normalized spacial score (nSPS) is 18.4. The number of sulfonamides is 1. The Morgan fingerprint density at radius 1 is 0.861 bits per heavy atom. The number of hydrogen-bond donors (Lipinski definition) is 0. The molecule has 36 heavy (non-hydrogen) atoms. The third-order valence-electron chi connectivity index (χ3n) is 7.94. The Balaban J connectivity index is 1.26. The maximum atomic E-state index is 13.1. The maximum absolute atomic E-state index is 13.1. The van der Waals surface area contributed by atoms with Gasteiger partial charge in [-0.3, -0.25) is 4.90 Å². The molecule has 5 heteroatoms. The van der Waals surface area contributed by atoms with Crippen LogP contribution in [0.4, 0.5) is 0 Å². The second-order valence-corrected chi connectivity index (χ2v) is 12.1. The first-order valence-corrected chi connectivity index (χ1v) is 14.6. The Bertz CT molecular complexity index is 1280. The summed E-state index contributed by atoms with van der Waals surface area (Å²) in [6.45, 7) is 13.6. The van der Waals surface area contributed by atoms with Gasteiger partial charge in [-0.05, 0) is 86.5 Å². The summed E-state index contributed by atoms with van der Waals surface area (Å²) in [7, 11) is -3.44. The maximum Gasteiger partial charge on any atom is 0.243 e. The number of nitrogens with zero attached hydrogens (tertiary/aromatic N) is 2. The highest BCUT2D eigenvalue weighted by Gasteiger charge is 2.35. The monoisotopic (exact) mass is 504 g/mol. The van der Waals surface area contributed by atoms with Crippen molar-refractivity contribution in [3.63, 3.8) is 0 Å². The van der Waals surface area contributed by atoms with Crippen molar-refractivity contribution in [1.29, 1.82) is 0 Å². The summed E-state index contributed by atoms with van der Waals surface area (Å²) >= 11 is 0. The Morgan fingerprint density at radius 2 is 1.56 bits per heavy atom. The fraction of sp³-hybridized carbons (Fsp3) is 0.419. The quantitative estimate of drug-likeness (QED) is 0.294. The van der Waals surface area contributed by atoms with Crippen LogP contribution in [0.1, 0.15) is 54.9 Å². The van der Waals surface area contributed by atoms with E-state index in [9.17, 15) is 8.42 Å². The SMILES string of the molecule is CCN(CCCCN1CC(c2ccc(-c3ccc(C)c(C)c3)cc2)C1C)S(=O)(=O)c1ccccc1C. The Labute approximate surface area is 218 Å². The molecule has 0 saturated carbocycles. The summed E-state index contributed by atoms with van der Waals surface area (Å²) in [5.41, 5.74) is 7.42. The van der Waals surface area contributed by atoms with Crippen molar-refractivity contribution in [2.75, 3.05) is 26.2 Å². The van der Waals surface area contributed by atoms with Gasteiger partial charge in [0.25, 0.3) is 0 Å². The van der Waals surface area contributed by atoms with Crippen LogP contribution in [0.15, 0.2) is 71.6 Å². The van der Waals surface area contributed by atoms with Gasteiger partial charge in [-0.2, -0.15) is 4.31 Å².